The Hall–Kier alpha value is -0.0151. The third kappa shape index (κ3) is 1.77. The van der Waals surface area contributed by atoms with Crippen molar-refractivity contribution in [2.45, 2.75) is 26.0 Å². The van der Waals surface area contributed by atoms with Crippen LogP contribution in [0.3, 0.4) is 0 Å². The lowest BCUT2D eigenvalue weighted by Gasteiger charge is -2.14. The molecule has 1 aliphatic heterocycles. The van der Waals surface area contributed by atoms with Crippen molar-refractivity contribution in [3.05, 3.63) is 0 Å². The van der Waals surface area contributed by atoms with E-state index in [4.69, 9.17) is 10.8 Å². The maximum absolute atomic E-state index is 7.28. The molecule has 64 valence electrons. The first-order valence-electron chi connectivity index (χ1n) is 4.85. The number of hydrogen-bond acceptors (Lipinski definition) is 2. The molecule has 0 aromatic rings. The van der Waals surface area contributed by atoms with Gasteiger partial charge in [-0.15, -0.1) is 0 Å². The smallest absolute Gasteiger partial charge is 0.139 e. The van der Waals surface area contributed by atoms with Crippen LogP contribution in [-0.4, -0.2) is 35.0 Å². The van der Waals surface area contributed by atoms with Crippen LogP contribution in [0.15, 0.2) is 0 Å². The zero-order valence-electron chi connectivity index (χ0n) is 8.54. The second kappa shape index (κ2) is 3.59. The molecule has 0 radical (unpaired) electrons. The van der Waals surface area contributed by atoms with Crippen LogP contribution in [0.25, 0.3) is 0 Å². The van der Waals surface area contributed by atoms with Crippen LogP contribution in [0.4, 0.5) is 0 Å². The lowest BCUT2D eigenvalue weighted by molar-refractivity contribution is 0.0116. The average molecular weight is 157 g/mol. The van der Waals surface area contributed by atoms with Crippen molar-refractivity contribution in [3.63, 3.8) is 0 Å². The largest absolute Gasteiger partial charge is 0.382 e. The van der Waals surface area contributed by atoms with Crippen LogP contribution >= 0.6 is 0 Å². The highest BCUT2D eigenvalue weighted by Gasteiger charge is 2.35. The minimum atomic E-state index is 0.111. The summed E-state index contributed by atoms with van der Waals surface area (Å²) in [7, 11) is 2.06. The molecule has 0 saturated carbocycles. The second-order valence-electron chi connectivity index (χ2n) is 3.39. The van der Waals surface area contributed by atoms with Crippen molar-refractivity contribution < 1.29 is 9.47 Å². The Morgan fingerprint density at radius 3 is 2.73 bits per heavy atom. The molecule has 2 nitrogen and oxygen atoms in total. The molecule has 11 heavy (non-hydrogen) atoms. The van der Waals surface area contributed by atoms with Crippen LogP contribution in [0.1, 0.15) is 13.8 Å². The summed E-state index contributed by atoms with van der Waals surface area (Å²) in [4.78, 5) is 0. The molecular formula is C8H17BO2. The number of rotatable bonds is 3. The molecule has 1 saturated heterocycles. The quantitative estimate of drug-likeness (QED) is 0.547. The summed E-state index contributed by atoms with van der Waals surface area (Å²) in [6, 6.07) is 0.111. The fourth-order valence-corrected chi connectivity index (χ4v) is 1.50. The fourth-order valence-electron chi connectivity index (χ4n) is 1.50. The summed E-state index contributed by atoms with van der Waals surface area (Å²) in [6.45, 7) is 4.98. The van der Waals surface area contributed by atoms with E-state index in [9.17, 15) is 0 Å². The molecule has 0 amide bonds. The lowest BCUT2D eigenvalue weighted by Crippen LogP contribution is -2.21. The second-order valence-corrected chi connectivity index (χ2v) is 3.39. The van der Waals surface area contributed by atoms with Gasteiger partial charge in [-0.05, 0) is 13.2 Å². The van der Waals surface area contributed by atoms with Crippen molar-refractivity contribution in [2.75, 3.05) is 13.7 Å². The molecule has 1 rings (SSSR count). The van der Waals surface area contributed by atoms with Gasteiger partial charge in [-0.25, -0.2) is 0 Å². The van der Waals surface area contributed by atoms with Gasteiger partial charge in [0, 0.05) is 13.1 Å². The summed E-state index contributed by atoms with van der Waals surface area (Å²) in [6.07, 6.45) is 0.195. The molecule has 1 heterocycles. The van der Waals surface area contributed by atoms with Gasteiger partial charge < -0.3 is 9.47 Å². The summed E-state index contributed by atoms with van der Waals surface area (Å²) < 4.78 is 18.0. The Labute approximate surface area is 71.0 Å². The van der Waals surface area contributed by atoms with E-state index < -0.39 is 0 Å². The van der Waals surface area contributed by atoms with E-state index in [-0.39, 0.29) is 12.1 Å². The van der Waals surface area contributed by atoms with E-state index in [1.54, 1.807) is 7.11 Å². The molecule has 4 atom stereocenters. The van der Waals surface area contributed by atoms with E-state index in [0.29, 0.717) is 26.3 Å². The average Bonchev–Trinajstić information content (AvgIpc) is 2.33. The van der Waals surface area contributed by atoms with Crippen molar-refractivity contribution >= 4 is 7.81 Å². The van der Waals surface area contributed by atoms with Crippen LogP contribution in [0.2, 0.25) is 0 Å². The van der Waals surface area contributed by atoms with E-state index in [0.717, 1.165) is 0 Å². The molecular weight excluding hydrogens is 139 g/mol. The Morgan fingerprint density at radius 1 is 1.55 bits per heavy atom. The van der Waals surface area contributed by atoms with Crippen molar-refractivity contribution in [2.24, 2.45) is 11.8 Å². The Bertz CT molecular complexity index is 145. The molecule has 0 aliphatic carbocycles. The molecule has 1 fully saturated rings. The zero-order valence-corrected chi connectivity index (χ0v) is 7.54. The molecule has 3 heteroatoms. The highest BCUT2D eigenvalue weighted by molar-refractivity contribution is 6.11. The minimum Gasteiger partial charge on any atom is -0.382 e. The Balaban J connectivity index is 2.48. The van der Waals surface area contributed by atoms with Gasteiger partial charge >= 0.3 is 0 Å². The highest BCUT2D eigenvalue weighted by Crippen LogP contribution is 2.30. The molecule has 1 aliphatic rings. The normalized spacial score (nSPS) is 45.5. The van der Waals surface area contributed by atoms with E-state index in [2.05, 4.69) is 13.8 Å². The SMILES string of the molecule is [2H]BC1OC(COC)C(C)C1C. The lowest BCUT2D eigenvalue weighted by atomic mass is 9.82. The minimum absolute atomic E-state index is 0.111. The van der Waals surface area contributed by atoms with Crippen molar-refractivity contribution in [1.29, 1.82) is 1.34 Å². The third-order valence-corrected chi connectivity index (χ3v) is 2.68. The van der Waals surface area contributed by atoms with Gasteiger partial charge in [-0.1, -0.05) is 13.8 Å². The van der Waals surface area contributed by atoms with Crippen LogP contribution < -0.4 is 0 Å². The topological polar surface area (TPSA) is 18.5 Å². The first-order chi connectivity index (χ1) is 5.70. The summed E-state index contributed by atoms with van der Waals surface area (Å²) >= 11 is 0. The van der Waals surface area contributed by atoms with Crippen LogP contribution in [0, 0.1) is 11.8 Å². The van der Waals surface area contributed by atoms with E-state index in [1.807, 2.05) is 0 Å². The van der Waals surface area contributed by atoms with Gasteiger partial charge in [-0.3, -0.25) is 0 Å². The third-order valence-electron chi connectivity index (χ3n) is 2.68. The zero-order chi connectivity index (χ0) is 9.14. The molecule has 0 aromatic heterocycles. The van der Waals surface area contributed by atoms with E-state index in [1.165, 1.54) is 0 Å². The van der Waals surface area contributed by atoms with E-state index >= 15 is 0 Å². The van der Waals surface area contributed by atoms with Crippen molar-refractivity contribution in [1.82, 2.24) is 0 Å². The van der Waals surface area contributed by atoms with Gasteiger partial charge in [-0.2, -0.15) is 0 Å². The van der Waals surface area contributed by atoms with Gasteiger partial charge in [0.1, 0.15) is 7.81 Å². The summed E-state index contributed by atoms with van der Waals surface area (Å²) in [5, 5.41) is 0. The monoisotopic (exact) mass is 157 g/mol. The van der Waals surface area contributed by atoms with Gasteiger partial charge in [0.05, 0.1) is 12.7 Å². The number of ether oxygens (including phenoxy) is 2. The number of hydrogen-bond donors (Lipinski definition) is 0. The number of methoxy groups -OCH3 is 1. The molecule has 4 unspecified atom stereocenters. The molecule has 0 spiro atoms. The predicted molar refractivity (Wildman–Crippen MR) is 47.4 cm³/mol. The Kier molecular flexibility index (Phi) is 2.49. The maximum atomic E-state index is 7.28. The maximum Gasteiger partial charge on any atom is 0.139 e. The van der Waals surface area contributed by atoms with Gasteiger partial charge in [0.25, 0.3) is 0 Å². The molecule has 0 N–H and O–H groups in total. The van der Waals surface area contributed by atoms with Gasteiger partial charge in [0.2, 0.25) is 0 Å². The standard InChI is InChI=1S/C8H17BO2/c1-5-6(2)8(9)11-7(5)4-10-3/h5-8H,4,9H2,1-3H3/i9D. The van der Waals surface area contributed by atoms with Crippen molar-refractivity contribution in [3.8, 4) is 0 Å². The summed E-state index contributed by atoms with van der Waals surface area (Å²) in [5.41, 5.74) is 0. The Morgan fingerprint density at radius 2 is 2.27 bits per heavy atom. The first-order valence-corrected chi connectivity index (χ1v) is 4.14. The van der Waals surface area contributed by atoms with Crippen LogP contribution in [0.5, 0.6) is 0 Å². The van der Waals surface area contributed by atoms with Gasteiger partial charge in [0.15, 0.2) is 0 Å². The molecule has 0 aromatic carbocycles. The summed E-state index contributed by atoms with van der Waals surface area (Å²) in [5.74, 6) is 1.00. The predicted octanol–water partition coefficient (Wildman–Crippen LogP) is 0.263. The molecule has 0 bridgehead atoms. The first kappa shape index (κ1) is 7.62. The van der Waals surface area contributed by atoms with Crippen LogP contribution in [-0.2, 0) is 9.47 Å². The highest BCUT2D eigenvalue weighted by atomic mass is 16.5. The fraction of sp³-hybridized carbons (Fsp3) is 1.00.